The van der Waals surface area contributed by atoms with E-state index in [-0.39, 0.29) is 60.9 Å². The number of nitrogens with one attached hydrogen (secondary N) is 2. The third-order valence-corrected chi connectivity index (χ3v) is 10.5. The number of benzene rings is 2. The fourth-order valence-corrected chi connectivity index (χ4v) is 7.44. The number of hydrogen-bond acceptors (Lipinski definition) is 9. The monoisotopic (exact) mass is 648 g/mol. The third kappa shape index (κ3) is 7.90. The van der Waals surface area contributed by atoms with Gasteiger partial charge in [-0.25, -0.2) is 25.9 Å². The van der Waals surface area contributed by atoms with E-state index in [0.717, 1.165) is 12.1 Å². The molecule has 2 aliphatic heterocycles. The summed E-state index contributed by atoms with van der Waals surface area (Å²) in [5, 5.41) is 20.9. The van der Waals surface area contributed by atoms with Crippen LogP contribution in [0.25, 0.3) is 0 Å². The lowest BCUT2D eigenvalue weighted by Gasteiger charge is -2.34. The maximum Gasteiger partial charge on any atom is 0.573 e. The largest absolute Gasteiger partial charge is 0.573 e. The van der Waals surface area contributed by atoms with Crippen molar-refractivity contribution in [3.63, 3.8) is 0 Å². The van der Waals surface area contributed by atoms with Gasteiger partial charge in [0.2, 0.25) is 20.0 Å². The van der Waals surface area contributed by atoms with Gasteiger partial charge in [-0.2, -0.15) is 0 Å². The number of carbonyl (C=O) groups excluding carboxylic acids is 1. The Bertz CT molecular complexity index is 1610. The van der Waals surface area contributed by atoms with Crippen molar-refractivity contribution >= 4 is 31.8 Å². The van der Waals surface area contributed by atoms with E-state index in [1.54, 1.807) is 6.92 Å². The van der Waals surface area contributed by atoms with Crippen LogP contribution in [0.15, 0.2) is 52.4 Å². The molecule has 2 aliphatic rings. The van der Waals surface area contributed by atoms with E-state index in [1.807, 2.05) is 0 Å². The van der Waals surface area contributed by atoms with E-state index >= 15 is 0 Å². The Kier molecular flexibility index (Phi) is 9.53. The molecule has 17 heteroatoms. The summed E-state index contributed by atoms with van der Waals surface area (Å²) >= 11 is 0. The van der Waals surface area contributed by atoms with Crippen molar-refractivity contribution in [2.24, 2.45) is 4.99 Å². The number of amidine groups is 1. The first kappa shape index (κ1) is 32.8. The van der Waals surface area contributed by atoms with E-state index in [9.17, 15) is 39.9 Å². The van der Waals surface area contributed by atoms with E-state index < -0.39 is 56.3 Å². The van der Waals surface area contributed by atoms with E-state index in [2.05, 4.69) is 19.8 Å². The summed E-state index contributed by atoms with van der Waals surface area (Å²) in [7, 11) is -7.72. The summed E-state index contributed by atoms with van der Waals surface area (Å²) in [6.07, 6.45) is -5.88. The zero-order valence-corrected chi connectivity index (χ0v) is 24.6. The van der Waals surface area contributed by atoms with Gasteiger partial charge in [0.25, 0.3) is 5.91 Å². The summed E-state index contributed by atoms with van der Waals surface area (Å²) in [6, 6.07) is 9.26. The number of sulfonamides is 2. The number of aliphatic hydroxyl groups excluding tert-OH is 2. The molecule has 0 radical (unpaired) electrons. The highest BCUT2D eigenvalue weighted by molar-refractivity contribution is 7.89. The number of carbonyl (C=O) groups is 1. The maximum absolute atomic E-state index is 13.1. The average molecular weight is 649 g/mol. The highest BCUT2D eigenvalue weighted by atomic mass is 32.2. The number of aliphatic imine (C=N–C) groups is 1. The van der Waals surface area contributed by atoms with Crippen LogP contribution in [0, 0.1) is 6.92 Å². The third-order valence-electron chi connectivity index (χ3n) is 7.24. The molecule has 0 saturated carbocycles. The van der Waals surface area contributed by atoms with E-state index in [0.29, 0.717) is 11.1 Å². The number of halogens is 3. The molecule has 1 spiro atoms. The van der Waals surface area contributed by atoms with Crippen molar-refractivity contribution < 1.29 is 49.8 Å². The van der Waals surface area contributed by atoms with Crippen LogP contribution in [0.2, 0.25) is 0 Å². The number of aliphatic hydroxyl groups is 2. The van der Waals surface area contributed by atoms with Crippen LogP contribution in [0.5, 0.6) is 5.75 Å². The number of hydrogen-bond donors (Lipinski definition) is 4. The lowest BCUT2D eigenvalue weighted by molar-refractivity contribution is -0.274. The van der Waals surface area contributed by atoms with Gasteiger partial charge in [0.1, 0.15) is 17.1 Å². The number of rotatable bonds is 11. The SMILES string of the molecule is Cc1cc(S(=O)(=O)NCC(O)CO)ccc1CCS(=O)(=O)N1CCC2(CC1)N=C(c1cccc(OC(F)(F)F)c1)NC2=O. The Morgan fingerprint density at radius 1 is 1.14 bits per heavy atom. The van der Waals surface area contributed by atoms with Gasteiger partial charge < -0.3 is 20.3 Å². The van der Waals surface area contributed by atoms with Crippen LogP contribution in [0.4, 0.5) is 13.2 Å². The second kappa shape index (κ2) is 12.5. The van der Waals surface area contributed by atoms with Gasteiger partial charge in [-0.1, -0.05) is 18.2 Å². The quantitative estimate of drug-likeness (QED) is 0.277. The zero-order chi connectivity index (χ0) is 31.6. The van der Waals surface area contributed by atoms with Crippen LogP contribution < -0.4 is 14.8 Å². The van der Waals surface area contributed by atoms with E-state index in [1.165, 1.54) is 34.6 Å². The summed E-state index contributed by atoms with van der Waals surface area (Å²) in [5.74, 6) is -1.12. The van der Waals surface area contributed by atoms with Crippen LogP contribution in [-0.2, 0) is 31.3 Å². The lowest BCUT2D eigenvalue weighted by Crippen LogP contribution is -2.50. The molecule has 236 valence electrons. The summed E-state index contributed by atoms with van der Waals surface area (Å²) in [5.41, 5.74) is 0.136. The minimum absolute atomic E-state index is 0.00524. The van der Waals surface area contributed by atoms with Crippen molar-refractivity contribution in [3.8, 4) is 5.75 Å². The Hall–Kier alpha value is -3.09. The molecule has 0 bridgehead atoms. The lowest BCUT2D eigenvalue weighted by atomic mass is 9.89. The Morgan fingerprint density at radius 3 is 2.47 bits per heavy atom. The van der Waals surface area contributed by atoms with Crippen molar-refractivity contribution in [2.75, 3.05) is 32.0 Å². The molecule has 2 aromatic carbocycles. The first-order chi connectivity index (χ1) is 20.0. The van der Waals surface area contributed by atoms with Crippen LogP contribution in [-0.4, -0.2) is 93.1 Å². The van der Waals surface area contributed by atoms with Gasteiger partial charge in [-0.05, 0) is 61.6 Å². The number of nitrogens with zero attached hydrogens (tertiary/aromatic N) is 2. The van der Waals surface area contributed by atoms with Gasteiger partial charge in [0, 0.05) is 25.2 Å². The molecule has 12 nitrogen and oxygen atoms in total. The van der Waals surface area contributed by atoms with Crippen LogP contribution in [0.3, 0.4) is 0 Å². The molecule has 1 unspecified atom stereocenters. The zero-order valence-electron chi connectivity index (χ0n) is 23.0. The van der Waals surface area contributed by atoms with Crippen LogP contribution >= 0.6 is 0 Å². The Morgan fingerprint density at radius 2 is 1.84 bits per heavy atom. The maximum atomic E-state index is 13.1. The molecule has 0 aromatic heterocycles. The number of ether oxygens (including phenoxy) is 1. The van der Waals surface area contributed by atoms with Gasteiger partial charge >= 0.3 is 6.36 Å². The second-order valence-electron chi connectivity index (χ2n) is 10.3. The highest BCUT2D eigenvalue weighted by Crippen LogP contribution is 2.33. The average Bonchev–Trinajstić information content (AvgIpc) is 3.25. The minimum atomic E-state index is -4.88. The number of amides is 1. The van der Waals surface area contributed by atoms with Gasteiger partial charge in [-0.3, -0.25) is 9.79 Å². The van der Waals surface area contributed by atoms with Crippen molar-refractivity contribution in [1.82, 2.24) is 14.3 Å². The van der Waals surface area contributed by atoms with Crippen molar-refractivity contribution in [2.45, 2.75) is 49.1 Å². The Labute approximate surface area is 246 Å². The molecule has 2 heterocycles. The van der Waals surface area contributed by atoms with E-state index in [4.69, 9.17) is 5.11 Å². The predicted octanol–water partition coefficient (Wildman–Crippen LogP) is 0.809. The van der Waals surface area contributed by atoms with Gasteiger partial charge in [0.05, 0.1) is 23.4 Å². The summed E-state index contributed by atoms with van der Waals surface area (Å²) < 4.78 is 96.4. The topological polar surface area (TPSA) is 175 Å². The highest BCUT2D eigenvalue weighted by Gasteiger charge is 2.47. The predicted molar refractivity (Wildman–Crippen MR) is 148 cm³/mol. The summed E-state index contributed by atoms with van der Waals surface area (Å²) in [4.78, 5) is 17.3. The second-order valence-corrected chi connectivity index (χ2v) is 14.1. The molecule has 4 rings (SSSR count). The van der Waals surface area contributed by atoms with Gasteiger partial charge in [-0.15, -0.1) is 13.2 Å². The molecule has 1 atom stereocenters. The molecular weight excluding hydrogens is 617 g/mol. The first-order valence-corrected chi connectivity index (χ1v) is 16.3. The molecule has 0 aliphatic carbocycles. The first-order valence-electron chi connectivity index (χ1n) is 13.2. The Balaban J connectivity index is 1.38. The smallest absolute Gasteiger partial charge is 0.406 e. The molecular formula is C26H31F3N4O8S2. The number of alkyl halides is 3. The van der Waals surface area contributed by atoms with Crippen molar-refractivity contribution in [3.05, 3.63) is 59.2 Å². The summed E-state index contributed by atoms with van der Waals surface area (Å²) in [6.45, 7) is 0.685. The number of aryl methyl sites for hydroxylation is 2. The molecule has 4 N–H and O–H groups in total. The number of piperidine rings is 1. The fourth-order valence-electron chi connectivity index (χ4n) is 4.80. The molecule has 43 heavy (non-hydrogen) atoms. The minimum Gasteiger partial charge on any atom is -0.406 e. The standard InChI is InChI=1S/C26H31F3N4O8S2/c1-17-13-22(43(39,40)30-15-20(35)16-34)6-5-18(17)7-12-42(37,38)33-10-8-25(9-11-33)24(36)31-23(32-25)19-3-2-4-21(14-19)41-26(27,28)29/h2-6,13-14,20,30,34-35H,7-12,15-16H2,1H3,(H,31,32,36). The molecule has 2 aromatic rings. The molecule has 1 saturated heterocycles. The molecule has 1 amide bonds. The van der Waals surface area contributed by atoms with Crippen LogP contribution in [0.1, 0.15) is 29.5 Å². The fraction of sp³-hybridized carbons (Fsp3) is 0.462. The van der Waals surface area contributed by atoms with Gasteiger partial charge in [0.15, 0.2) is 0 Å². The molecule has 1 fully saturated rings. The normalized spacial score (nSPS) is 18.4. The van der Waals surface area contributed by atoms with Crippen molar-refractivity contribution in [1.29, 1.82) is 0 Å².